The fourth-order valence-corrected chi connectivity index (χ4v) is 3.63. The number of carbonyl (C=O) groups excluding carboxylic acids is 1. The zero-order valence-corrected chi connectivity index (χ0v) is 15.3. The molecule has 3 rings (SSSR count). The van der Waals surface area contributed by atoms with Crippen molar-refractivity contribution in [3.05, 3.63) is 46.8 Å². The Labute approximate surface area is 149 Å². The van der Waals surface area contributed by atoms with Crippen LogP contribution in [0.2, 0.25) is 0 Å². The number of rotatable bonds is 5. The molecule has 1 aromatic carbocycles. The molecular weight excluding hydrogens is 314 g/mol. The minimum atomic E-state index is 0.144. The molecule has 1 aliphatic heterocycles. The summed E-state index contributed by atoms with van der Waals surface area (Å²) >= 11 is 0. The first-order valence-corrected chi connectivity index (χ1v) is 8.96. The van der Waals surface area contributed by atoms with Crippen molar-refractivity contribution in [1.82, 2.24) is 25.2 Å². The maximum Gasteiger partial charge on any atom is 0.253 e. The van der Waals surface area contributed by atoms with E-state index in [0.717, 1.165) is 61.4 Å². The second-order valence-corrected chi connectivity index (χ2v) is 7.10. The van der Waals surface area contributed by atoms with Gasteiger partial charge in [-0.3, -0.25) is 9.48 Å². The lowest BCUT2D eigenvalue weighted by Crippen LogP contribution is -2.41. The van der Waals surface area contributed by atoms with Gasteiger partial charge in [0.2, 0.25) is 0 Å². The molecule has 6 nitrogen and oxygen atoms in total. The van der Waals surface area contributed by atoms with E-state index in [9.17, 15) is 4.79 Å². The molecule has 0 spiro atoms. The predicted octanol–water partition coefficient (Wildman–Crippen LogP) is 2.17. The first-order valence-electron chi connectivity index (χ1n) is 8.96. The smallest absolute Gasteiger partial charge is 0.253 e. The topological polar surface area (TPSA) is 63.1 Å². The summed E-state index contributed by atoms with van der Waals surface area (Å²) in [4.78, 5) is 14.9. The quantitative estimate of drug-likeness (QED) is 0.905. The van der Waals surface area contributed by atoms with E-state index in [-0.39, 0.29) is 5.91 Å². The van der Waals surface area contributed by atoms with Crippen molar-refractivity contribution in [1.29, 1.82) is 0 Å². The van der Waals surface area contributed by atoms with E-state index in [1.165, 1.54) is 0 Å². The maximum atomic E-state index is 12.9. The van der Waals surface area contributed by atoms with Crippen LogP contribution in [0.3, 0.4) is 0 Å². The average molecular weight is 341 g/mol. The summed E-state index contributed by atoms with van der Waals surface area (Å²) in [6.07, 6.45) is 4.15. The Hall–Kier alpha value is -2.21. The van der Waals surface area contributed by atoms with Gasteiger partial charge < -0.3 is 10.2 Å². The second kappa shape index (κ2) is 7.78. The number of aryl methyl sites for hydroxylation is 2. The molecule has 1 aromatic heterocycles. The molecule has 0 bridgehead atoms. The summed E-state index contributed by atoms with van der Waals surface area (Å²) in [5.74, 6) is 0.568. The third-order valence-electron chi connectivity index (χ3n) is 4.66. The van der Waals surface area contributed by atoms with E-state index < -0.39 is 0 Å². The Morgan fingerprint density at radius 3 is 2.76 bits per heavy atom. The Morgan fingerprint density at radius 1 is 1.28 bits per heavy atom. The van der Waals surface area contributed by atoms with E-state index >= 15 is 0 Å². The van der Waals surface area contributed by atoms with Crippen LogP contribution < -0.4 is 5.32 Å². The largest absolute Gasteiger partial charge is 0.338 e. The Bertz CT molecular complexity index is 719. The van der Waals surface area contributed by atoms with E-state index in [4.69, 9.17) is 0 Å². The number of hydrogen-bond donors (Lipinski definition) is 1. The number of hydrogen-bond acceptors (Lipinski definition) is 4. The van der Waals surface area contributed by atoms with Crippen LogP contribution in [0.1, 0.15) is 40.0 Å². The maximum absolute atomic E-state index is 12.9. The average Bonchev–Trinajstić information content (AvgIpc) is 3.01. The van der Waals surface area contributed by atoms with Crippen LogP contribution in [-0.4, -0.2) is 45.9 Å². The molecule has 2 aromatic rings. The minimum absolute atomic E-state index is 0.144. The highest BCUT2D eigenvalue weighted by atomic mass is 16.2. The summed E-state index contributed by atoms with van der Waals surface area (Å²) in [5, 5.41) is 11.4. The molecule has 0 radical (unpaired) electrons. The van der Waals surface area contributed by atoms with Crippen molar-refractivity contribution in [2.24, 2.45) is 5.92 Å². The molecule has 134 valence electrons. The lowest BCUT2D eigenvalue weighted by Gasteiger charge is -2.32. The molecule has 0 saturated carbocycles. The highest BCUT2D eigenvalue weighted by Crippen LogP contribution is 2.21. The summed E-state index contributed by atoms with van der Waals surface area (Å²) in [5.41, 5.74) is 4.02. The van der Waals surface area contributed by atoms with Crippen molar-refractivity contribution < 1.29 is 4.79 Å². The van der Waals surface area contributed by atoms with Crippen molar-refractivity contribution >= 4 is 5.91 Å². The summed E-state index contributed by atoms with van der Waals surface area (Å²) in [7, 11) is 1.90. The molecule has 1 fully saturated rings. The SMILES string of the molecule is CNCc1cn(CC2CCCN(C(=O)c3cc(C)cc(C)c3)C2)nn1. The van der Waals surface area contributed by atoms with E-state index in [1.54, 1.807) is 0 Å². The van der Waals surface area contributed by atoms with Gasteiger partial charge in [0.1, 0.15) is 0 Å². The summed E-state index contributed by atoms with van der Waals surface area (Å²) in [6.45, 7) is 7.24. The molecule has 1 aliphatic rings. The van der Waals surface area contributed by atoms with Crippen LogP contribution in [0.4, 0.5) is 0 Å². The molecule has 6 heteroatoms. The van der Waals surface area contributed by atoms with E-state index in [0.29, 0.717) is 5.92 Å². The first-order chi connectivity index (χ1) is 12.0. The molecule has 1 atom stereocenters. The molecule has 1 saturated heterocycles. The van der Waals surface area contributed by atoms with Gasteiger partial charge >= 0.3 is 0 Å². The molecule has 0 aliphatic carbocycles. The first kappa shape index (κ1) is 17.6. The number of aromatic nitrogens is 3. The van der Waals surface area contributed by atoms with Crippen molar-refractivity contribution in [2.75, 3.05) is 20.1 Å². The number of nitrogens with zero attached hydrogens (tertiary/aromatic N) is 4. The van der Waals surface area contributed by atoms with Gasteiger partial charge in [-0.05, 0) is 51.8 Å². The Morgan fingerprint density at radius 2 is 2.04 bits per heavy atom. The van der Waals surface area contributed by atoms with Gasteiger partial charge in [-0.25, -0.2) is 0 Å². The second-order valence-electron chi connectivity index (χ2n) is 7.10. The standard InChI is InChI=1S/C19H27N5O/c1-14-7-15(2)9-17(8-14)19(25)23-6-4-5-16(11-23)12-24-13-18(10-20-3)21-22-24/h7-9,13,16,20H,4-6,10-12H2,1-3H3. The number of nitrogens with one attached hydrogen (secondary N) is 1. The third-order valence-corrected chi connectivity index (χ3v) is 4.66. The fraction of sp³-hybridized carbons (Fsp3) is 0.526. The van der Waals surface area contributed by atoms with Gasteiger partial charge in [0.05, 0.1) is 5.69 Å². The fourth-order valence-electron chi connectivity index (χ4n) is 3.63. The molecule has 1 unspecified atom stereocenters. The van der Waals surface area contributed by atoms with Gasteiger partial charge in [-0.1, -0.05) is 22.4 Å². The van der Waals surface area contributed by atoms with Crippen LogP contribution in [0.15, 0.2) is 24.4 Å². The predicted molar refractivity (Wildman–Crippen MR) is 97.3 cm³/mol. The molecule has 1 amide bonds. The van der Waals surface area contributed by atoms with Gasteiger partial charge in [0.15, 0.2) is 0 Å². The Balaban J connectivity index is 1.64. The van der Waals surface area contributed by atoms with Crippen molar-refractivity contribution in [3.63, 3.8) is 0 Å². The van der Waals surface area contributed by atoms with Crippen molar-refractivity contribution in [2.45, 2.75) is 39.8 Å². The van der Waals surface area contributed by atoms with Crippen molar-refractivity contribution in [3.8, 4) is 0 Å². The van der Waals surface area contributed by atoms with E-state index in [2.05, 4.69) is 21.7 Å². The van der Waals surface area contributed by atoms with Gasteiger partial charge in [-0.2, -0.15) is 0 Å². The Kier molecular flexibility index (Phi) is 5.48. The van der Waals surface area contributed by atoms with Gasteiger partial charge in [0, 0.05) is 37.9 Å². The number of amides is 1. The molecule has 1 N–H and O–H groups in total. The van der Waals surface area contributed by atoms with E-state index in [1.807, 2.05) is 48.8 Å². The number of benzene rings is 1. The third kappa shape index (κ3) is 4.45. The highest BCUT2D eigenvalue weighted by Gasteiger charge is 2.25. The summed E-state index contributed by atoms with van der Waals surface area (Å²) < 4.78 is 1.90. The van der Waals surface area contributed by atoms with Crippen LogP contribution in [0, 0.1) is 19.8 Å². The highest BCUT2D eigenvalue weighted by molar-refractivity contribution is 5.94. The molecule has 2 heterocycles. The lowest BCUT2D eigenvalue weighted by molar-refractivity contribution is 0.0659. The minimum Gasteiger partial charge on any atom is -0.338 e. The molecular formula is C19H27N5O. The van der Waals surface area contributed by atoms with Crippen LogP contribution in [0.5, 0.6) is 0 Å². The normalized spacial score (nSPS) is 17.7. The van der Waals surface area contributed by atoms with Gasteiger partial charge in [-0.15, -0.1) is 5.10 Å². The number of likely N-dealkylation sites (tertiary alicyclic amines) is 1. The lowest BCUT2D eigenvalue weighted by atomic mass is 9.97. The number of carbonyl (C=O) groups is 1. The summed E-state index contributed by atoms with van der Waals surface area (Å²) in [6, 6.07) is 6.07. The van der Waals surface area contributed by atoms with Crippen LogP contribution in [0.25, 0.3) is 0 Å². The molecule has 25 heavy (non-hydrogen) atoms. The zero-order valence-electron chi connectivity index (χ0n) is 15.3. The van der Waals surface area contributed by atoms with Crippen LogP contribution >= 0.6 is 0 Å². The number of piperidine rings is 1. The van der Waals surface area contributed by atoms with Gasteiger partial charge in [0.25, 0.3) is 5.91 Å². The van der Waals surface area contributed by atoms with Crippen LogP contribution in [-0.2, 0) is 13.1 Å². The monoisotopic (exact) mass is 341 g/mol. The zero-order chi connectivity index (χ0) is 17.8.